The second-order valence-electron chi connectivity index (χ2n) is 12.5. The van der Waals surface area contributed by atoms with Crippen LogP contribution in [0.25, 0.3) is 0 Å². The van der Waals surface area contributed by atoms with Crippen LogP contribution in [-0.2, 0) is 35.3 Å². The van der Waals surface area contributed by atoms with Crippen molar-refractivity contribution in [1.82, 2.24) is 14.4 Å². The Balaban J connectivity index is 1.48. The molecule has 1 saturated heterocycles. The number of hydrogen-bond donors (Lipinski definition) is 1. The van der Waals surface area contributed by atoms with Crippen molar-refractivity contribution in [2.24, 2.45) is 5.92 Å². The predicted octanol–water partition coefficient (Wildman–Crippen LogP) is 4.85. The SMILES string of the molecule is COC(=O)[C@@]1(Cc2ccc(F)cc2)[C@H]2c3cc(C(=O)N(C)C)n(CCc4ccc(O)c(OC)c4)c3C[C@H]2CN1C(=O)c1ccccc1. The molecule has 1 fully saturated rings. The normalized spacial score (nSPS) is 19.6. The molecule has 9 nitrogen and oxygen atoms in total. The fourth-order valence-corrected chi connectivity index (χ4v) is 7.50. The minimum absolute atomic E-state index is 0.0457. The summed E-state index contributed by atoms with van der Waals surface area (Å²) in [6.07, 6.45) is 1.20. The summed E-state index contributed by atoms with van der Waals surface area (Å²) in [5.41, 5.74) is 2.85. The Morgan fingerprint density at radius 3 is 2.34 bits per heavy atom. The summed E-state index contributed by atoms with van der Waals surface area (Å²) in [5, 5.41) is 10.1. The lowest BCUT2D eigenvalue weighted by molar-refractivity contribution is -0.153. The maximum Gasteiger partial charge on any atom is 0.332 e. The van der Waals surface area contributed by atoms with Crippen molar-refractivity contribution in [2.45, 2.75) is 37.3 Å². The number of phenols is 1. The van der Waals surface area contributed by atoms with E-state index in [-0.39, 0.29) is 29.9 Å². The topological polar surface area (TPSA) is 101 Å². The summed E-state index contributed by atoms with van der Waals surface area (Å²) in [4.78, 5) is 45.2. The van der Waals surface area contributed by atoms with E-state index >= 15 is 0 Å². The summed E-state index contributed by atoms with van der Waals surface area (Å²) in [6, 6.07) is 21.9. The first kappa shape index (κ1) is 31.8. The van der Waals surface area contributed by atoms with Crippen molar-refractivity contribution in [1.29, 1.82) is 0 Å². The van der Waals surface area contributed by atoms with Crippen molar-refractivity contribution >= 4 is 17.8 Å². The van der Waals surface area contributed by atoms with Crippen LogP contribution >= 0.6 is 0 Å². The molecular weight excluding hydrogens is 601 g/mol. The first-order chi connectivity index (χ1) is 22.6. The van der Waals surface area contributed by atoms with E-state index in [0.29, 0.717) is 48.5 Å². The van der Waals surface area contributed by atoms with Crippen LogP contribution in [0.3, 0.4) is 0 Å². The van der Waals surface area contributed by atoms with Crippen LogP contribution in [0.5, 0.6) is 11.5 Å². The van der Waals surface area contributed by atoms with E-state index in [1.807, 2.05) is 22.8 Å². The van der Waals surface area contributed by atoms with Gasteiger partial charge in [-0.15, -0.1) is 0 Å². The van der Waals surface area contributed by atoms with Gasteiger partial charge in [0.2, 0.25) is 0 Å². The van der Waals surface area contributed by atoms with Gasteiger partial charge in [-0.05, 0) is 77.9 Å². The third kappa shape index (κ3) is 5.51. The second-order valence-corrected chi connectivity index (χ2v) is 12.5. The van der Waals surface area contributed by atoms with E-state index in [2.05, 4.69) is 0 Å². The number of benzene rings is 3. The Kier molecular flexibility index (Phi) is 8.53. The maximum atomic E-state index is 14.2. The fraction of sp³-hybridized carbons (Fsp3) is 0.324. The summed E-state index contributed by atoms with van der Waals surface area (Å²) in [6.45, 7) is 0.767. The van der Waals surface area contributed by atoms with Crippen molar-refractivity contribution in [2.75, 3.05) is 34.9 Å². The Morgan fingerprint density at radius 1 is 0.979 bits per heavy atom. The molecule has 244 valence electrons. The van der Waals surface area contributed by atoms with Gasteiger partial charge < -0.3 is 28.9 Å². The minimum atomic E-state index is -1.45. The predicted molar refractivity (Wildman–Crippen MR) is 173 cm³/mol. The molecule has 0 spiro atoms. The number of carbonyl (C=O) groups is 3. The molecule has 1 N–H and O–H groups in total. The quantitative estimate of drug-likeness (QED) is 0.263. The first-order valence-electron chi connectivity index (χ1n) is 15.6. The van der Waals surface area contributed by atoms with E-state index in [1.54, 1.807) is 67.5 Å². The molecule has 4 aromatic rings. The highest BCUT2D eigenvalue weighted by Crippen LogP contribution is 2.55. The van der Waals surface area contributed by atoms with Crippen molar-refractivity contribution in [3.8, 4) is 11.5 Å². The Hall–Kier alpha value is -5.12. The summed E-state index contributed by atoms with van der Waals surface area (Å²) in [7, 11) is 6.21. The molecule has 2 heterocycles. The lowest BCUT2D eigenvalue weighted by atomic mass is 9.75. The number of likely N-dealkylation sites (tertiary alicyclic amines) is 1. The molecule has 47 heavy (non-hydrogen) atoms. The van der Waals surface area contributed by atoms with Crippen LogP contribution in [0.4, 0.5) is 4.39 Å². The maximum absolute atomic E-state index is 14.2. The highest BCUT2D eigenvalue weighted by atomic mass is 19.1. The Bertz CT molecular complexity index is 1820. The van der Waals surface area contributed by atoms with Crippen LogP contribution in [0.15, 0.2) is 78.9 Å². The third-order valence-corrected chi connectivity index (χ3v) is 9.60. The summed E-state index contributed by atoms with van der Waals surface area (Å²) < 4.78 is 26.8. The number of phenolic OH excluding ortho intramolecular Hbond substituents is 1. The molecule has 0 saturated carbocycles. The molecule has 2 aliphatic rings. The standard InChI is InChI=1S/C37H38FN3O6/c1-39(2)35(44)30-20-28-29(40(30)17-16-23-12-15-31(42)32(18-23)46-3)19-26-22-41(34(43)25-8-6-5-7-9-25)37(33(26)28,36(45)47-4)21-24-10-13-27(38)14-11-24/h5-15,18,20,26,33,42H,16-17,19,21-22H2,1-4H3/t26-,33+,37+/m0/s1. The van der Waals surface area contributed by atoms with Gasteiger partial charge in [0, 0.05) is 50.8 Å². The average Bonchev–Trinajstić information content (AvgIpc) is 3.72. The second kappa shape index (κ2) is 12.6. The molecule has 1 aromatic heterocycles. The summed E-state index contributed by atoms with van der Waals surface area (Å²) >= 11 is 0. The number of esters is 1. The van der Waals surface area contributed by atoms with Gasteiger partial charge in [0.25, 0.3) is 11.8 Å². The average molecular weight is 640 g/mol. The first-order valence-corrected chi connectivity index (χ1v) is 15.6. The van der Waals surface area contributed by atoms with Gasteiger partial charge in [-0.2, -0.15) is 0 Å². The number of amides is 2. The van der Waals surface area contributed by atoms with Crippen LogP contribution in [-0.4, -0.2) is 77.7 Å². The molecule has 0 unspecified atom stereocenters. The monoisotopic (exact) mass is 639 g/mol. The zero-order valence-corrected chi connectivity index (χ0v) is 26.9. The molecule has 1 aliphatic heterocycles. The van der Waals surface area contributed by atoms with Gasteiger partial charge >= 0.3 is 5.97 Å². The lowest BCUT2D eigenvalue weighted by Crippen LogP contribution is -2.58. The van der Waals surface area contributed by atoms with Gasteiger partial charge in [-0.3, -0.25) is 9.59 Å². The molecule has 10 heteroatoms. The molecule has 0 radical (unpaired) electrons. The van der Waals surface area contributed by atoms with E-state index in [9.17, 15) is 23.9 Å². The number of nitrogens with zero attached hydrogens (tertiary/aromatic N) is 3. The zero-order valence-electron chi connectivity index (χ0n) is 26.9. The summed E-state index contributed by atoms with van der Waals surface area (Å²) in [5.74, 6) is -1.63. The number of aryl methyl sites for hydroxylation is 1. The minimum Gasteiger partial charge on any atom is -0.504 e. The number of ether oxygens (including phenoxy) is 2. The Labute approximate surface area is 273 Å². The number of methoxy groups -OCH3 is 2. The Morgan fingerprint density at radius 2 is 1.68 bits per heavy atom. The van der Waals surface area contributed by atoms with Crippen LogP contribution < -0.4 is 4.74 Å². The van der Waals surface area contributed by atoms with Crippen molar-refractivity contribution in [3.63, 3.8) is 0 Å². The molecule has 6 rings (SSSR count). The highest BCUT2D eigenvalue weighted by Gasteiger charge is 2.64. The van der Waals surface area contributed by atoms with Crippen LogP contribution in [0.1, 0.15) is 49.1 Å². The van der Waals surface area contributed by atoms with Gasteiger partial charge in [0.05, 0.1) is 14.2 Å². The van der Waals surface area contributed by atoms with Gasteiger partial charge in [-0.25, -0.2) is 9.18 Å². The molecule has 1 aliphatic carbocycles. The third-order valence-electron chi connectivity index (χ3n) is 9.60. The molecule has 2 amide bonds. The fourth-order valence-electron chi connectivity index (χ4n) is 7.50. The largest absolute Gasteiger partial charge is 0.504 e. The van der Waals surface area contributed by atoms with Crippen molar-refractivity contribution in [3.05, 3.63) is 118 Å². The van der Waals surface area contributed by atoms with E-state index in [4.69, 9.17) is 9.47 Å². The van der Waals surface area contributed by atoms with Crippen LogP contribution in [0.2, 0.25) is 0 Å². The number of fused-ring (bicyclic) bond motifs is 3. The van der Waals surface area contributed by atoms with E-state index in [1.165, 1.54) is 31.3 Å². The van der Waals surface area contributed by atoms with Crippen LogP contribution in [0, 0.1) is 11.7 Å². The van der Waals surface area contributed by atoms with E-state index < -0.39 is 23.2 Å². The van der Waals surface area contributed by atoms with Gasteiger partial charge in [0.1, 0.15) is 11.5 Å². The number of aromatic nitrogens is 1. The van der Waals surface area contributed by atoms with Gasteiger partial charge in [0.15, 0.2) is 17.0 Å². The lowest BCUT2D eigenvalue weighted by Gasteiger charge is -2.40. The number of rotatable bonds is 9. The number of hydrogen-bond acceptors (Lipinski definition) is 6. The molecule has 3 atom stereocenters. The number of aromatic hydroxyl groups is 1. The smallest absolute Gasteiger partial charge is 0.332 e. The van der Waals surface area contributed by atoms with E-state index in [0.717, 1.165) is 16.8 Å². The van der Waals surface area contributed by atoms with Crippen molar-refractivity contribution < 1.29 is 33.4 Å². The molecular formula is C37H38FN3O6. The zero-order chi connectivity index (χ0) is 33.5. The molecule has 3 aromatic carbocycles. The number of halogens is 1. The van der Waals surface area contributed by atoms with Gasteiger partial charge in [-0.1, -0.05) is 36.4 Å². The number of carbonyl (C=O) groups excluding carboxylic acids is 3. The highest BCUT2D eigenvalue weighted by molar-refractivity contribution is 6.00. The molecule has 0 bridgehead atoms.